The van der Waals surface area contributed by atoms with Crippen LogP contribution in [-0.2, 0) is 9.59 Å². The van der Waals surface area contributed by atoms with Crippen LogP contribution in [0.5, 0.6) is 0 Å². The highest BCUT2D eigenvalue weighted by Gasteiger charge is 2.17. The number of nitrogens with zero attached hydrogens (tertiary/aromatic N) is 1. The molecule has 0 saturated heterocycles. The predicted octanol–water partition coefficient (Wildman–Crippen LogP) is 4.17. The summed E-state index contributed by atoms with van der Waals surface area (Å²) in [4.78, 5) is 25.4. The van der Waals surface area contributed by atoms with Gasteiger partial charge < -0.3 is 10.2 Å². The largest absolute Gasteiger partial charge is 0.324 e. The van der Waals surface area contributed by atoms with Crippen LogP contribution in [0.1, 0.15) is 18.9 Å². The van der Waals surface area contributed by atoms with Crippen molar-refractivity contribution < 1.29 is 14.0 Å². The molecule has 2 aromatic rings. The quantitative estimate of drug-likeness (QED) is 0.881. The van der Waals surface area contributed by atoms with E-state index in [0.29, 0.717) is 10.7 Å². The molecular weight excluding hydrogens is 331 g/mol. The number of halogens is 2. The van der Waals surface area contributed by atoms with Crippen LogP contribution in [-0.4, -0.2) is 18.4 Å². The van der Waals surface area contributed by atoms with Crippen molar-refractivity contribution in [3.8, 4) is 0 Å². The number of hydrogen-bond donors (Lipinski definition) is 1. The average Bonchev–Trinajstić information content (AvgIpc) is 2.53. The molecule has 2 rings (SSSR count). The van der Waals surface area contributed by atoms with Crippen molar-refractivity contribution in [2.75, 3.05) is 16.8 Å². The Labute approximate surface area is 145 Å². The normalized spacial score (nSPS) is 10.3. The molecule has 126 valence electrons. The van der Waals surface area contributed by atoms with E-state index >= 15 is 0 Å². The molecule has 0 aromatic heterocycles. The van der Waals surface area contributed by atoms with Gasteiger partial charge in [-0.1, -0.05) is 29.8 Å². The molecule has 0 heterocycles. The van der Waals surface area contributed by atoms with E-state index in [-0.39, 0.29) is 30.5 Å². The summed E-state index contributed by atoms with van der Waals surface area (Å²) in [7, 11) is 0. The van der Waals surface area contributed by atoms with Gasteiger partial charge in [-0.25, -0.2) is 4.39 Å². The number of anilines is 2. The van der Waals surface area contributed by atoms with Gasteiger partial charge in [0.05, 0.1) is 5.69 Å². The fourth-order valence-corrected chi connectivity index (χ4v) is 2.49. The number of nitrogens with one attached hydrogen (secondary N) is 1. The molecular formula is C18H18ClFN2O2. The van der Waals surface area contributed by atoms with E-state index < -0.39 is 5.82 Å². The molecule has 0 fully saturated rings. The van der Waals surface area contributed by atoms with E-state index in [1.54, 1.807) is 30.3 Å². The predicted molar refractivity (Wildman–Crippen MR) is 93.9 cm³/mol. The number of rotatable bonds is 5. The minimum atomic E-state index is -0.500. The first-order valence-electron chi connectivity index (χ1n) is 7.47. The number of amides is 2. The molecule has 0 aliphatic carbocycles. The molecule has 24 heavy (non-hydrogen) atoms. The number of para-hydroxylation sites is 1. The maximum Gasteiger partial charge on any atom is 0.226 e. The van der Waals surface area contributed by atoms with E-state index in [0.717, 1.165) is 5.56 Å². The van der Waals surface area contributed by atoms with Crippen molar-refractivity contribution in [1.82, 2.24) is 0 Å². The smallest absolute Gasteiger partial charge is 0.226 e. The van der Waals surface area contributed by atoms with E-state index in [9.17, 15) is 14.0 Å². The number of carbonyl (C=O) groups excluding carboxylic acids is 2. The van der Waals surface area contributed by atoms with Crippen molar-refractivity contribution >= 4 is 34.8 Å². The summed E-state index contributed by atoms with van der Waals surface area (Å²) in [6.45, 7) is 3.42. The van der Waals surface area contributed by atoms with Crippen molar-refractivity contribution in [2.24, 2.45) is 0 Å². The average molecular weight is 349 g/mol. The number of benzene rings is 2. The second-order valence-corrected chi connectivity index (χ2v) is 5.74. The third-order valence-corrected chi connectivity index (χ3v) is 4.03. The third-order valence-electron chi connectivity index (χ3n) is 3.62. The Kier molecular flexibility index (Phi) is 5.93. The van der Waals surface area contributed by atoms with E-state index in [1.165, 1.54) is 24.0 Å². The highest BCUT2D eigenvalue weighted by molar-refractivity contribution is 6.31. The van der Waals surface area contributed by atoms with Crippen molar-refractivity contribution in [1.29, 1.82) is 0 Å². The molecule has 1 N–H and O–H groups in total. The van der Waals surface area contributed by atoms with Crippen LogP contribution in [0, 0.1) is 12.7 Å². The lowest BCUT2D eigenvalue weighted by atomic mass is 10.1. The molecule has 0 radical (unpaired) electrons. The molecule has 0 unspecified atom stereocenters. The minimum Gasteiger partial charge on any atom is -0.324 e. The summed E-state index contributed by atoms with van der Waals surface area (Å²) < 4.78 is 13.5. The van der Waals surface area contributed by atoms with Gasteiger partial charge in [0.1, 0.15) is 5.82 Å². The van der Waals surface area contributed by atoms with Crippen molar-refractivity contribution in [3.63, 3.8) is 0 Å². The fraction of sp³-hybridized carbons (Fsp3) is 0.222. The van der Waals surface area contributed by atoms with Crippen LogP contribution < -0.4 is 10.2 Å². The second kappa shape index (κ2) is 7.93. The molecule has 6 heteroatoms. The van der Waals surface area contributed by atoms with Crippen molar-refractivity contribution in [3.05, 3.63) is 58.9 Å². The first kappa shape index (κ1) is 17.9. The number of hydrogen-bond acceptors (Lipinski definition) is 2. The highest BCUT2D eigenvalue weighted by Crippen LogP contribution is 2.27. The Hall–Kier alpha value is -2.40. The first-order valence-corrected chi connectivity index (χ1v) is 7.85. The topological polar surface area (TPSA) is 49.4 Å². The second-order valence-electron chi connectivity index (χ2n) is 5.33. The maximum atomic E-state index is 13.5. The van der Waals surface area contributed by atoms with E-state index in [1.807, 2.05) is 6.92 Å². The maximum absolute atomic E-state index is 13.5. The minimum absolute atomic E-state index is 0.0415. The lowest BCUT2D eigenvalue weighted by Gasteiger charge is -2.23. The molecule has 0 aliphatic heterocycles. The molecule has 0 atom stereocenters. The molecule has 4 nitrogen and oxygen atoms in total. The van der Waals surface area contributed by atoms with Gasteiger partial charge in [-0.3, -0.25) is 9.59 Å². The molecule has 0 bridgehead atoms. The fourth-order valence-electron chi connectivity index (χ4n) is 2.32. The van der Waals surface area contributed by atoms with Gasteiger partial charge in [-0.05, 0) is 36.8 Å². The zero-order chi connectivity index (χ0) is 17.7. The highest BCUT2D eigenvalue weighted by atomic mass is 35.5. The molecule has 0 spiro atoms. The molecule has 0 aliphatic rings. The Morgan fingerprint density at radius 3 is 2.54 bits per heavy atom. The zero-order valence-electron chi connectivity index (χ0n) is 13.5. The van der Waals surface area contributed by atoms with Gasteiger partial charge in [0, 0.05) is 30.6 Å². The Bertz CT molecular complexity index is 764. The van der Waals surface area contributed by atoms with Crippen LogP contribution in [0.15, 0.2) is 42.5 Å². The molecule has 0 saturated carbocycles. The third kappa shape index (κ3) is 4.32. The van der Waals surface area contributed by atoms with Crippen LogP contribution in [0.25, 0.3) is 0 Å². The van der Waals surface area contributed by atoms with Gasteiger partial charge in [-0.2, -0.15) is 0 Å². The van der Waals surface area contributed by atoms with Crippen LogP contribution >= 0.6 is 11.6 Å². The summed E-state index contributed by atoms with van der Waals surface area (Å²) in [5.41, 5.74) is 1.55. The van der Waals surface area contributed by atoms with Crippen LogP contribution in [0.2, 0.25) is 5.02 Å². The lowest BCUT2D eigenvalue weighted by Crippen LogP contribution is -2.32. The van der Waals surface area contributed by atoms with Gasteiger partial charge >= 0.3 is 0 Å². The number of carbonyl (C=O) groups is 2. The molecule has 2 amide bonds. The molecule has 2 aromatic carbocycles. The SMILES string of the molecule is CC(=O)N(CCC(=O)Nc1ccccc1F)c1cccc(Cl)c1C. The van der Waals surface area contributed by atoms with Crippen LogP contribution in [0.3, 0.4) is 0 Å². The van der Waals surface area contributed by atoms with Gasteiger partial charge in [0.25, 0.3) is 0 Å². The summed E-state index contributed by atoms with van der Waals surface area (Å²) in [5.74, 6) is -1.06. The monoisotopic (exact) mass is 348 g/mol. The van der Waals surface area contributed by atoms with E-state index in [2.05, 4.69) is 5.32 Å². The summed E-state index contributed by atoms with van der Waals surface area (Å²) in [6, 6.07) is 11.2. The summed E-state index contributed by atoms with van der Waals surface area (Å²) >= 11 is 6.09. The van der Waals surface area contributed by atoms with Gasteiger partial charge in [0.15, 0.2) is 0 Å². The Morgan fingerprint density at radius 2 is 1.88 bits per heavy atom. The standard InChI is InChI=1S/C18H18ClFN2O2/c1-12-14(19)6-5-9-17(12)22(13(2)23)11-10-18(24)21-16-8-4-3-7-15(16)20/h3-9H,10-11H2,1-2H3,(H,21,24). The Morgan fingerprint density at radius 1 is 1.17 bits per heavy atom. The zero-order valence-corrected chi connectivity index (χ0v) is 14.2. The first-order chi connectivity index (χ1) is 11.4. The summed E-state index contributed by atoms with van der Waals surface area (Å²) in [5, 5.41) is 3.05. The lowest BCUT2D eigenvalue weighted by molar-refractivity contribution is -0.117. The van der Waals surface area contributed by atoms with Gasteiger partial charge in [-0.15, -0.1) is 0 Å². The Balaban J connectivity index is 2.07. The van der Waals surface area contributed by atoms with E-state index in [4.69, 9.17) is 11.6 Å². The van der Waals surface area contributed by atoms with Crippen LogP contribution in [0.4, 0.5) is 15.8 Å². The van der Waals surface area contributed by atoms with Gasteiger partial charge in [0.2, 0.25) is 11.8 Å². The summed E-state index contributed by atoms with van der Waals surface area (Å²) in [6.07, 6.45) is 0.0415. The van der Waals surface area contributed by atoms with Crippen molar-refractivity contribution in [2.45, 2.75) is 20.3 Å².